The molecular weight excluding hydrogens is 236 g/mol. The fraction of sp³-hybridized carbons (Fsp3) is 0.750. The predicted molar refractivity (Wildman–Crippen MR) is 74.2 cm³/mol. The molecule has 0 atom stereocenters. The predicted octanol–water partition coefficient (Wildman–Crippen LogP) is 2.85. The largest absolute Gasteiger partial charge is 0.310 e. The van der Waals surface area contributed by atoms with E-state index in [1.807, 2.05) is 13.8 Å². The summed E-state index contributed by atoms with van der Waals surface area (Å²) >= 11 is 0. The minimum Gasteiger partial charge on any atom is -0.310 e. The molecule has 0 aliphatic heterocycles. The van der Waals surface area contributed by atoms with Gasteiger partial charge in [0.2, 0.25) is 0 Å². The van der Waals surface area contributed by atoms with Gasteiger partial charge >= 0.3 is 0 Å². The van der Waals surface area contributed by atoms with Gasteiger partial charge < -0.3 is 4.98 Å². The molecule has 4 aliphatic rings. The molecular formula is C16H22N2O. The topological polar surface area (TPSA) is 45.8 Å². The third-order valence-corrected chi connectivity index (χ3v) is 5.94. The highest BCUT2D eigenvalue weighted by atomic mass is 16.1. The first-order valence-electron chi connectivity index (χ1n) is 7.64. The van der Waals surface area contributed by atoms with Crippen LogP contribution in [0.4, 0.5) is 0 Å². The standard InChI is InChI=1S/C16H22N2O/c1-9-10(2)17-15(18-14(9)19)16-6-11-3-12(7-16)5-13(4-11)8-16/h11-13H,3-8H2,1-2H3,(H,17,18,19). The van der Waals surface area contributed by atoms with Crippen molar-refractivity contribution in [2.24, 2.45) is 17.8 Å². The summed E-state index contributed by atoms with van der Waals surface area (Å²) in [6, 6.07) is 0. The van der Waals surface area contributed by atoms with E-state index in [2.05, 4.69) is 4.98 Å². The maximum absolute atomic E-state index is 12.1. The molecule has 4 aliphatic carbocycles. The van der Waals surface area contributed by atoms with Gasteiger partial charge in [0.15, 0.2) is 0 Å². The van der Waals surface area contributed by atoms with E-state index in [0.29, 0.717) is 0 Å². The summed E-state index contributed by atoms with van der Waals surface area (Å²) in [5.41, 5.74) is 1.95. The van der Waals surface area contributed by atoms with Crippen LogP contribution in [0.5, 0.6) is 0 Å². The Labute approximate surface area is 113 Å². The van der Waals surface area contributed by atoms with Gasteiger partial charge in [0.25, 0.3) is 5.56 Å². The molecule has 0 unspecified atom stereocenters. The second-order valence-corrected chi connectivity index (χ2v) is 7.32. The minimum atomic E-state index is 0.0678. The van der Waals surface area contributed by atoms with Gasteiger partial charge in [-0.25, -0.2) is 4.98 Å². The first-order valence-corrected chi connectivity index (χ1v) is 7.64. The molecule has 102 valence electrons. The van der Waals surface area contributed by atoms with Crippen LogP contribution in [-0.4, -0.2) is 9.97 Å². The maximum atomic E-state index is 12.1. The van der Waals surface area contributed by atoms with Crippen LogP contribution in [0.2, 0.25) is 0 Å². The summed E-state index contributed by atoms with van der Waals surface area (Å²) in [7, 11) is 0. The normalized spacial score (nSPS) is 39.8. The Balaban J connectivity index is 1.82. The van der Waals surface area contributed by atoms with Gasteiger partial charge in [0.1, 0.15) is 5.82 Å². The number of hydrogen-bond acceptors (Lipinski definition) is 2. The first-order chi connectivity index (χ1) is 9.06. The molecule has 1 heterocycles. The van der Waals surface area contributed by atoms with E-state index in [4.69, 9.17) is 4.98 Å². The van der Waals surface area contributed by atoms with Crippen molar-refractivity contribution in [1.82, 2.24) is 9.97 Å². The molecule has 0 spiro atoms. The van der Waals surface area contributed by atoms with Gasteiger partial charge in [0.05, 0.1) is 0 Å². The first kappa shape index (κ1) is 11.7. The zero-order chi connectivity index (χ0) is 13.2. The van der Waals surface area contributed by atoms with Crippen LogP contribution < -0.4 is 5.56 Å². The van der Waals surface area contributed by atoms with Gasteiger partial charge in [-0.3, -0.25) is 4.79 Å². The summed E-state index contributed by atoms with van der Waals surface area (Å²) in [6.45, 7) is 3.83. The summed E-state index contributed by atoms with van der Waals surface area (Å²) in [6.07, 6.45) is 8.04. The molecule has 19 heavy (non-hydrogen) atoms. The molecule has 4 fully saturated rings. The van der Waals surface area contributed by atoms with E-state index in [1.54, 1.807) is 0 Å². The molecule has 0 saturated heterocycles. The lowest BCUT2D eigenvalue weighted by Crippen LogP contribution is -2.50. The molecule has 3 nitrogen and oxygen atoms in total. The lowest BCUT2D eigenvalue weighted by Gasteiger charge is -2.56. The fourth-order valence-electron chi connectivity index (χ4n) is 5.30. The quantitative estimate of drug-likeness (QED) is 0.842. The Morgan fingerprint density at radius 2 is 1.58 bits per heavy atom. The van der Waals surface area contributed by atoms with Crippen LogP contribution in [0.15, 0.2) is 4.79 Å². The number of nitrogens with one attached hydrogen (secondary N) is 1. The van der Waals surface area contributed by atoms with Crippen molar-refractivity contribution in [3.8, 4) is 0 Å². The molecule has 1 aromatic heterocycles. The molecule has 0 aromatic carbocycles. The second kappa shape index (κ2) is 3.71. The van der Waals surface area contributed by atoms with Crippen LogP contribution >= 0.6 is 0 Å². The van der Waals surface area contributed by atoms with Gasteiger partial charge in [-0.1, -0.05) is 0 Å². The van der Waals surface area contributed by atoms with E-state index in [9.17, 15) is 4.79 Å². The van der Waals surface area contributed by atoms with Crippen LogP contribution in [0, 0.1) is 31.6 Å². The van der Waals surface area contributed by atoms with Gasteiger partial charge in [-0.15, -0.1) is 0 Å². The molecule has 0 radical (unpaired) electrons. The lowest BCUT2D eigenvalue weighted by atomic mass is 9.49. The third-order valence-electron chi connectivity index (χ3n) is 5.94. The smallest absolute Gasteiger partial charge is 0.254 e. The number of aromatic nitrogens is 2. The van der Waals surface area contributed by atoms with Crippen LogP contribution in [0.3, 0.4) is 0 Å². The fourth-order valence-corrected chi connectivity index (χ4v) is 5.30. The van der Waals surface area contributed by atoms with Crippen molar-refractivity contribution in [3.63, 3.8) is 0 Å². The average molecular weight is 258 g/mol. The number of rotatable bonds is 1. The van der Waals surface area contributed by atoms with Crippen LogP contribution in [0.25, 0.3) is 0 Å². The highest BCUT2D eigenvalue weighted by Crippen LogP contribution is 2.59. The summed E-state index contributed by atoms with van der Waals surface area (Å²) < 4.78 is 0. The van der Waals surface area contributed by atoms with E-state index in [0.717, 1.165) is 34.8 Å². The Hall–Kier alpha value is -1.12. The number of aryl methyl sites for hydroxylation is 1. The van der Waals surface area contributed by atoms with Crippen molar-refractivity contribution in [1.29, 1.82) is 0 Å². The van der Waals surface area contributed by atoms with Crippen molar-refractivity contribution in [2.45, 2.75) is 57.8 Å². The molecule has 4 saturated carbocycles. The lowest BCUT2D eigenvalue weighted by molar-refractivity contribution is -0.00959. The maximum Gasteiger partial charge on any atom is 0.254 e. The zero-order valence-corrected chi connectivity index (χ0v) is 11.8. The number of aromatic amines is 1. The van der Waals surface area contributed by atoms with Crippen molar-refractivity contribution in [3.05, 3.63) is 27.4 Å². The number of hydrogen-bond donors (Lipinski definition) is 1. The summed E-state index contributed by atoms with van der Waals surface area (Å²) in [5, 5.41) is 0. The van der Waals surface area contributed by atoms with Crippen LogP contribution in [0.1, 0.15) is 55.6 Å². The Morgan fingerprint density at radius 3 is 2.05 bits per heavy atom. The van der Waals surface area contributed by atoms with E-state index >= 15 is 0 Å². The van der Waals surface area contributed by atoms with E-state index < -0.39 is 0 Å². The zero-order valence-electron chi connectivity index (χ0n) is 11.8. The SMILES string of the molecule is Cc1nc(C23CC4CC(CC(C4)C2)C3)[nH]c(=O)c1C. The molecule has 1 N–H and O–H groups in total. The average Bonchev–Trinajstić information content (AvgIpc) is 2.33. The third kappa shape index (κ3) is 1.63. The van der Waals surface area contributed by atoms with Gasteiger partial charge in [0, 0.05) is 16.7 Å². The van der Waals surface area contributed by atoms with Crippen molar-refractivity contribution < 1.29 is 0 Å². The molecule has 3 heteroatoms. The van der Waals surface area contributed by atoms with Crippen molar-refractivity contribution >= 4 is 0 Å². The second-order valence-electron chi connectivity index (χ2n) is 7.32. The van der Waals surface area contributed by atoms with E-state index in [-0.39, 0.29) is 11.0 Å². The van der Waals surface area contributed by atoms with Gasteiger partial charge in [-0.05, 0) is 70.1 Å². The highest BCUT2D eigenvalue weighted by molar-refractivity contribution is 5.22. The molecule has 0 amide bonds. The summed E-state index contributed by atoms with van der Waals surface area (Å²) in [5.74, 6) is 3.66. The number of H-pyrrole nitrogens is 1. The summed E-state index contributed by atoms with van der Waals surface area (Å²) in [4.78, 5) is 19.9. The monoisotopic (exact) mass is 258 g/mol. The Bertz CT molecular complexity index is 552. The van der Waals surface area contributed by atoms with E-state index in [1.165, 1.54) is 38.5 Å². The molecule has 5 rings (SSSR count). The molecule has 4 bridgehead atoms. The Kier molecular flexibility index (Phi) is 2.28. The highest BCUT2D eigenvalue weighted by Gasteiger charge is 2.52. The number of nitrogens with zero attached hydrogens (tertiary/aromatic N) is 1. The van der Waals surface area contributed by atoms with Gasteiger partial charge in [-0.2, -0.15) is 0 Å². The van der Waals surface area contributed by atoms with Crippen LogP contribution in [-0.2, 0) is 5.41 Å². The minimum absolute atomic E-state index is 0.0678. The Morgan fingerprint density at radius 1 is 1.05 bits per heavy atom. The molecule has 1 aromatic rings. The van der Waals surface area contributed by atoms with Crippen molar-refractivity contribution in [2.75, 3.05) is 0 Å².